The molecule has 32 heavy (non-hydrogen) atoms. The molecule has 1 unspecified atom stereocenters. The van der Waals surface area contributed by atoms with Gasteiger partial charge in [-0.1, -0.05) is 12.1 Å². The standard InChI is InChI=1S/C24H22FN5OS/c1-16-26-11-12-30(16)20-8-6-19(7-9-20)27-24-28-22-10-13-32(31)15-21(22)23(29-24)14-17-2-4-18(25)5-3-17/h2-9,11-12H,10,13-15H2,1H3,(H,27,28,29). The van der Waals surface area contributed by atoms with E-state index >= 15 is 0 Å². The molecular formula is C24H22FN5OS. The molecule has 162 valence electrons. The topological polar surface area (TPSA) is 72.7 Å². The van der Waals surface area contributed by atoms with E-state index in [9.17, 15) is 8.60 Å². The Morgan fingerprint density at radius 3 is 2.59 bits per heavy atom. The minimum absolute atomic E-state index is 0.267. The summed E-state index contributed by atoms with van der Waals surface area (Å²) >= 11 is 0. The second kappa shape index (κ2) is 8.63. The average molecular weight is 448 g/mol. The number of hydrogen-bond donors (Lipinski definition) is 1. The Morgan fingerprint density at radius 1 is 1.09 bits per heavy atom. The highest BCUT2D eigenvalue weighted by Gasteiger charge is 2.22. The van der Waals surface area contributed by atoms with Gasteiger partial charge < -0.3 is 9.88 Å². The van der Waals surface area contributed by atoms with Crippen molar-refractivity contribution in [2.75, 3.05) is 11.1 Å². The van der Waals surface area contributed by atoms with Gasteiger partial charge in [-0.15, -0.1) is 0 Å². The summed E-state index contributed by atoms with van der Waals surface area (Å²) in [6.45, 7) is 1.96. The largest absolute Gasteiger partial charge is 0.324 e. The van der Waals surface area contributed by atoms with Gasteiger partial charge in [-0.3, -0.25) is 4.21 Å². The molecule has 2 aromatic heterocycles. The number of halogens is 1. The molecule has 8 heteroatoms. The number of fused-ring (bicyclic) bond motifs is 1. The van der Waals surface area contributed by atoms with Crippen molar-refractivity contribution >= 4 is 22.4 Å². The molecular weight excluding hydrogens is 425 g/mol. The first-order chi connectivity index (χ1) is 15.5. The molecule has 2 aromatic carbocycles. The summed E-state index contributed by atoms with van der Waals surface area (Å²) in [4.78, 5) is 13.7. The number of hydrogen-bond acceptors (Lipinski definition) is 5. The molecule has 1 aliphatic rings. The Bertz CT molecular complexity index is 1280. The van der Waals surface area contributed by atoms with Crippen LogP contribution in [0.3, 0.4) is 0 Å². The van der Waals surface area contributed by atoms with Crippen molar-refractivity contribution in [1.82, 2.24) is 19.5 Å². The van der Waals surface area contributed by atoms with E-state index in [0.717, 1.165) is 39.7 Å². The van der Waals surface area contributed by atoms with E-state index in [1.165, 1.54) is 12.1 Å². The molecule has 0 spiro atoms. The van der Waals surface area contributed by atoms with Crippen molar-refractivity contribution in [2.24, 2.45) is 0 Å². The third-order valence-corrected chi connectivity index (χ3v) is 6.83. The molecule has 0 bridgehead atoms. The van der Waals surface area contributed by atoms with Gasteiger partial charge >= 0.3 is 0 Å². The lowest BCUT2D eigenvalue weighted by Gasteiger charge is -2.19. The minimum atomic E-state index is -0.905. The fourth-order valence-electron chi connectivity index (χ4n) is 3.88. The van der Waals surface area contributed by atoms with Crippen LogP contribution >= 0.6 is 0 Å². The summed E-state index contributed by atoms with van der Waals surface area (Å²) in [5, 5.41) is 3.30. The van der Waals surface area contributed by atoms with E-state index in [1.807, 2.05) is 42.0 Å². The molecule has 3 heterocycles. The molecule has 0 saturated carbocycles. The van der Waals surface area contributed by atoms with Crippen LogP contribution in [0.25, 0.3) is 5.69 Å². The first-order valence-electron chi connectivity index (χ1n) is 10.4. The zero-order valence-electron chi connectivity index (χ0n) is 17.6. The average Bonchev–Trinajstić information content (AvgIpc) is 3.22. The van der Waals surface area contributed by atoms with E-state index in [1.54, 1.807) is 18.3 Å². The van der Waals surface area contributed by atoms with Gasteiger partial charge in [-0.05, 0) is 48.9 Å². The van der Waals surface area contributed by atoms with Gasteiger partial charge in [0.05, 0.1) is 17.1 Å². The smallest absolute Gasteiger partial charge is 0.227 e. The third kappa shape index (κ3) is 4.31. The van der Waals surface area contributed by atoms with Crippen molar-refractivity contribution < 1.29 is 8.60 Å². The van der Waals surface area contributed by atoms with Crippen LogP contribution in [-0.2, 0) is 29.4 Å². The van der Waals surface area contributed by atoms with E-state index in [4.69, 9.17) is 9.97 Å². The van der Waals surface area contributed by atoms with Crippen molar-refractivity contribution in [3.05, 3.63) is 95.1 Å². The first kappa shape index (κ1) is 20.5. The van der Waals surface area contributed by atoms with Crippen LogP contribution in [0, 0.1) is 12.7 Å². The highest BCUT2D eigenvalue weighted by molar-refractivity contribution is 7.84. The molecule has 5 rings (SSSR count). The van der Waals surface area contributed by atoms with Crippen LogP contribution in [-0.4, -0.2) is 29.5 Å². The minimum Gasteiger partial charge on any atom is -0.324 e. The molecule has 0 fully saturated rings. The van der Waals surface area contributed by atoms with Crippen LogP contribution in [0.15, 0.2) is 60.9 Å². The third-order valence-electron chi connectivity index (χ3n) is 5.56. The molecule has 1 aliphatic heterocycles. The van der Waals surface area contributed by atoms with Crippen LogP contribution in [0.5, 0.6) is 0 Å². The monoisotopic (exact) mass is 447 g/mol. The Labute approximate surface area is 188 Å². The molecule has 1 N–H and O–H groups in total. The number of aromatic nitrogens is 4. The summed E-state index contributed by atoms with van der Waals surface area (Å²) in [5.74, 6) is 2.24. The van der Waals surface area contributed by atoms with Gasteiger partial charge in [0.1, 0.15) is 11.6 Å². The fourth-order valence-corrected chi connectivity index (χ4v) is 5.10. The van der Waals surface area contributed by atoms with Crippen LogP contribution in [0.2, 0.25) is 0 Å². The number of nitrogens with one attached hydrogen (secondary N) is 1. The van der Waals surface area contributed by atoms with E-state index in [2.05, 4.69) is 10.3 Å². The Balaban J connectivity index is 1.44. The normalized spacial score (nSPS) is 15.4. The van der Waals surface area contributed by atoms with Crippen molar-refractivity contribution in [1.29, 1.82) is 0 Å². The summed E-state index contributed by atoms with van der Waals surface area (Å²) in [6, 6.07) is 14.4. The Kier molecular flexibility index (Phi) is 5.53. The van der Waals surface area contributed by atoms with E-state index in [-0.39, 0.29) is 5.82 Å². The molecule has 0 aliphatic carbocycles. The quantitative estimate of drug-likeness (QED) is 0.495. The van der Waals surface area contributed by atoms with E-state index in [0.29, 0.717) is 30.3 Å². The second-order valence-corrected chi connectivity index (χ2v) is 9.35. The molecule has 0 saturated heterocycles. The molecule has 6 nitrogen and oxygen atoms in total. The number of benzene rings is 2. The van der Waals surface area contributed by atoms with Crippen LogP contribution in [0.1, 0.15) is 28.3 Å². The molecule has 1 atom stereocenters. The van der Waals surface area contributed by atoms with Gasteiger partial charge in [0, 0.05) is 58.7 Å². The van der Waals surface area contributed by atoms with Crippen molar-refractivity contribution in [2.45, 2.75) is 25.5 Å². The summed E-state index contributed by atoms with van der Waals surface area (Å²) < 4.78 is 27.5. The maximum absolute atomic E-state index is 13.3. The predicted octanol–water partition coefficient (Wildman–Crippen LogP) is 4.25. The van der Waals surface area contributed by atoms with E-state index < -0.39 is 10.8 Å². The lowest BCUT2D eigenvalue weighted by molar-refractivity contribution is 0.627. The lowest BCUT2D eigenvalue weighted by atomic mass is 10.0. The molecule has 4 aromatic rings. The summed E-state index contributed by atoms with van der Waals surface area (Å²) in [6.07, 6.45) is 4.90. The molecule has 0 radical (unpaired) electrons. The Morgan fingerprint density at radius 2 is 1.88 bits per heavy atom. The zero-order chi connectivity index (χ0) is 22.1. The number of rotatable bonds is 5. The number of anilines is 2. The second-order valence-electron chi connectivity index (χ2n) is 7.78. The summed E-state index contributed by atoms with van der Waals surface area (Å²) in [7, 11) is -0.905. The zero-order valence-corrected chi connectivity index (χ0v) is 18.4. The maximum atomic E-state index is 13.3. The lowest BCUT2D eigenvalue weighted by Crippen LogP contribution is -2.19. The van der Waals surface area contributed by atoms with Crippen LogP contribution < -0.4 is 5.32 Å². The number of imidazole rings is 1. The molecule has 0 amide bonds. The highest BCUT2D eigenvalue weighted by Crippen LogP contribution is 2.25. The van der Waals surface area contributed by atoms with Gasteiger partial charge in [-0.2, -0.15) is 0 Å². The van der Waals surface area contributed by atoms with Crippen molar-refractivity contribution in [3.8, 4) is 5.69 Å². The van der Waals surface area contributed by atoms with Gasteiger partial charge in [0.15, 0.2) is 0 Å². The van der Waals surface area contributed by atoms with Gasteiger partial charge in [0.2, 0.25) is 5.95 Å². The van der Waals surface area contributed by atoms with Crippen LogP contribution in [0.4, 0.5) is 16.0 Å². The number of aryl methyl sites for hydroxylation is 2. The predicted molar refractivity (Wildman–Crippen MR) is 123 cm³/mol. The fraction of sp³-hybridized carbons (Fsp3) is 0.208. The Hall–Kier alpha value is -3.39. The van der Waals surface area contributed by atoms with Gasteiger partial charge in [-0.25, -0.2) is 19.3 Å². The maximum Gasteiger partial charge on any atom is 0.227 e. The van der Waals surface area contributed by atoms with Crippen molar-refractivity contribution in [3.63, 3.8) is 0 Å². The SMILES string of the molecule is Cc1nccn1-c1ccc(Nc2nc3c(c(Cc4ccc(F)cc4)n2)CS(=O)CC3)cc1. The number of nitrogens with zero attached hydrogens (tertiary/aromatic N) is 4. The highest BCUT2D eigenvalue weighted by atomic mass is 32.2. The first-order valence-corrected chi connectivity index (χ1v) is 11.9. The summed E-state index contributed by atoms with van der Waals surface area (Å²) in [5.41, 5.74) is 5.58. The van der Waals surface area contributed by atoms with Gasteiger partial charge in [0.25, 0.3) is 0 Å².